The molecule has 21 heavy (non-hydrogen) atoms. The van der Waals surface area contributed by atoms with Crippen LogP contribution in [0.4, 0.5) is 0 Å². The molecule has 0 bridgehead atoms. The largest absolute Gasteiger partial charge is 0.494 e. The number of rotatable bonds is 7. The molecule has 1 aromatic heterocycles. The number of hydrogen-bond donors (Lipinski definition) is 1. The van der Waals surface area contributed by atoms with Crippen molar-refractivity contribution in [3.05, 3.63) is 34.2 Å². The molecule has 3 nitrogen and oxygen atoms in total. The minimum absolute atomic E-state index is 0.451. The van der Waals surface area contributed by atoms with Gasteiger partial charge in [0.15, 0.2) is 0 Å². The smallest absolute Gasteiger partial charge is 0.119 e. The Labute approximate surface area is 131 Å². The van der Waals surface area contributed by atoms with E-state index in [4.69, 9.17) is 15.5 Å². The average molecular weight is 304 g/mol. The van der Waals surface area contributed by atoms with E-state index in [0.717, 1.165) is 36.5 Å². The molecule has 0 aliphatic carbocycles. The van der Waals surface area contributed by atoms with Crippen molar-refractivity contribution in [2.75, 3.05) is 13.2 Å². The van der Waals surface area contributed by atoms with Crippen LogP contribution >= 0.6 is 11.3 Å². The van der Waals surface area contributed by atoms with Gasteiger partial charge in [-0.05, 0) is 43.7 Å². The zero-order valence-electron chi connectivity index (χ0n) is 13.1. The van der Waals surface area contributed by atoms with Gasteiger partial charge in [-0.3, -0.25) is 0 Å². The lowest BCUT2D eigenvalue weighted by Crippen LogP contribution is -2.02. The number of nitrogens with zero attached hydrogens (tertiary/aromatic N) is 1. The summed E-state index contributed by atoms with van der Waals surface area (Å²) in [4.78, 5) is 6.09. The van der Waals surface area contributed by atoms with Crippen molar-refractivity contribution >= 4 is 11.3 Å². The van der Waals surface area contributed by atoms with E-state index in [1.54, 1.807) is 11.3 Å². The summed E-state index contributed by atoms with van der Waals surface area (Å²) < 4.78 is 5.63. The zero-order valence-corrected chi connectivity index (χ0v) is 13.9. The minimum atomic E-state index is 0.451. The SMILES string of the molecule is CCCOc1ccc(-c2nc(C(C)C)sc2CCN)cc1. The molecule has 0 saturated heterocycles. The standard InChI is InChI=1S/C17H24N2OS/c1-4-11-20-14-7-5-13(6-8-14)16-15(9-10-18)21-17(19-16)12(2)3/h5-8,12H,4,9-11,18H2,1-3H3. The van der Waals surface area contributed by atoms with Crippen LogP contribution in [-0.2, 0) is 6.42 Å². The van der Waals surface area contributed by atoms with E-state index < -0.39 is 0 Å². The predicted octanol–water partition coefficient (Wildman–Crippen LogP) is 4.22. The maximum absolute atomic E-state index is 5.73. The minimum Gasteiger partial charge on any atom is -0.494 e. The van der Waals surface area contributed by atoms with E-state index in [1.807, 2.05) is 12.1 Å². The molecule has 0 fully saturated rings. The summed E-state index contributed by atoms with van der Waals surface area (Å²) in [5, 5.41) is 1.18. The number of ether oxygens (including phenoxy) is 1. The Kier molecular flexibility index (Phi) is 5.76. The van der Waals surface area contributed by atoms with Crippen LogP contribution in [0.5, 0.6) is 5.75 Å². The highest BCUT2D eigenvalue weighted by molar-refractivity contribution is 7.12. The summed E-state index contributed by atoms with van der Waals surface area (Å²) in [6.45, 7) is 7.87. The van der Waals surface area contributed by atoms with Gasteiger partial charge in [0.2, 0.25) is 0 Å². The topological polar surface area (TPSA) is 48.1 Å². The van der Waals surface area contributed by atoms with E-state index in [1.165, 1.54) is 9.88 Å². The Bertz CT molecular complexity index is 561. The molecular weight excluding hydrogens is 280 g/mol. The highest BCUT2D eigenvalue weighted by Gasteiger charge is 2.14. The Morgan fingerprint density at radius 3 is 2.52 bits per heavy atom. The fourth-order valence-electron chi connectivity index (χ4n) is 2.07. The molecule has 114 valence electrons. The van der Waals surface area contributed by atoms with E-state index >= 15 is 0 Å². The lowest BCUT2D eigenvalue weighted by Gasteiger charge is -2.06. The molecule has 0 unspecified atom stereocenters. The average Bonchev–Trinajstić information content (AvgIpc) is 2.90. The van der Waals surface area contributed by atoms with Crippen molar-refractivity contribution in [3.8, 4) is 17.0 Å². The summed E-state index contributed by atoms with van der Waals surface area (Å²) >= 11 is 1.78. The summed E-state index contributed by atoms with van der Waals surface area (Å²) in [5.41, 5.74) is 7.95. The number of aromatic nitrogens is 1. The molecule has 0 amide bonds. The first-order valence-corrected chi connectivity index (χ1v) is 8.40. The van der Waals surface area contributed by atoms with Crippen LogP contribution in [0.25, 0.3) is 11.3 Å². The van der Waals surface area contributed by atoms with Crippen LogP contribution < -0.4 is 10.5 Å². The van der Waals surface area contributed by atoms with Crippen LogP contribution in [0.2, 0.25) is 0 Å². The molecule has 1 aromatic carbocycles. The van der Waals surface area contributed by atoms with E-state index in [-0.39, 0.29) is 0 Å². The Morgan fingerprint density at radius 1 is 1.24 bits per heavy atom. The van der Waals surface area contributed by atoms with Gasteiger partial charge in [-0.15, -0.1) is 11.3 Å². The number of thiazole rings is 1. The van der Waals surface area contributed by atoms with E-state index in [9.17, 15) is 0 Å². The monoisotopic (exact) mass is 304 g/mol. The van der Waals surface area contributed by atoms with Crippen LogP contribution in [0.1, 0.15) is 43.0 Å². The predicted molar refractivity (Wildman–Crippen MR) is 90.2 cm³/mol. The lowest BCUT2D eigenvalue weighted by atomic mass is 10.1. The number of benzene rings is 1. The van der Waals surface area contributed by atoms with Gasteiger partial charge in [-0.2, -0.15) is 0 Å². The third-order valence-corrected chi connectivity index (χ3v) is 4.60. The highest BCUT2D eigenvalue weighted by Crippen LogP contribution is 2.32. The summed E-state index contributed by atoms with van der Waals surface area (Å²) in [6.07, 6.45) is 1.90. The fourth-order valence-corrected chi connectivity index (χ4v) is 3.18. The first-order valence-electron chi connectivity index (χ1n) is 7.58. The third-order valence-electron chi connectivity index (χ3n) is 3.18. The molecule has 0 saturated carbocycles. The van der Waals surface area contributed by atoms with Crippen molar-refractivity contribution in [1.82, 2.24) is 4.98 Å². The quantitative estimate of drug-likeness (QED) is 0.833. The van der Waals surface area contributed by atoms with Crippen LogP contribution in [-0.4, -0.2) is 18.1 Å². The van der Waals surface area contributed by atoms with Gasteiger partial charge in [-0.25, -0.2) is 4.98 Å². The molecule has 0 radical (unpaired) electrons. The molecule has 0 aliphatic heterocycles. The van der Waals surface area contributed by atoms with Crippen molar-refractivity contribution in [2.24, 2.45) is 5.73 Å². The van der Waals surface area contributed by atoms with Crippen molar-refractivity contribution in [1.29, 1.82) is 0 Å². The fraction of sp³-hybridized carbons (Fsp3) is 0.471. The van der Waals surface area contributed by atoms with Gasteiger partial charge in [0.25, 0.3) is 0 Å². The highest BCUT2D eigenvalue weighted by atomic mass is 32.1. The van der Waals surface area contributed by atoms with Crippen LogP contribution in [0.3, 0.4) is 0 Å². The second kappa shape index (κ2) is 7.57. The molecule has 0 atom stereocenters. The van der Waals surface area contributed by atoms with Gasteiger partial charge in [0.1, 0.15) is 5.75 Å². The first kappa shape index (κ1) is 16.0. The van der Waals surface area contributed by atoms with Gasteiger partial charge < -0.3 is 10.5 Å². The Hall–Kier alpha value is -1.39. The molecule has 0 aliphatic rings. The van der Waals surface area contributed by atoms with Crippen molar-refractivity contribution in [2.45, 2.75) is 39.5 Å². The summed E-state index contributed by atoms with van der Waals surface area (Å²) in [6, 6.07) is 8.21. The van der Waals surface area contributed by atoms with Crippen LogP contribution in [0, 0.1) is 0 Å². The first-order chi connectivity index (χ1) is 10.2. The molecule has 0 spiro atoms. The normalized spacial score (nSPS) is 11.1. The number of hydrogen-bond acceptors (Lipinski definition) is 4. The van der Waals surface area contributed by atoms with Gasteiger partial charge in [-0.1, -0.05) is 20.8 Å². The molecule has 2 N–H and O–H groups in total. The lowest BCUT2D eigenvalue weighted by molar-refractivity contribution is 0.317. The third kappa shape index (κ3) is 4.05. The Balaban J connectivity index is 2.27. The van der Waals surface area contributed by atoms with Crippen LogP contribution in [0.15, 0.2) is 24.3 Å². The molecule has 1 heterocycles. The summed E-state index contributed by atoms with van der Waals surface area (Å²) in [5.74, 6) is 1.37. The van der Waals surface area contributed by atoms with E-state index in [2.05, 4.69) is 32.9 Å². The van der Waals surface area contributed by atoms with Crippen molar-refractivity contribution < 1.29 is 4.74 Å². The zero-order chi connectivity index (χ0) is 15.2. The van der Waals surface area contributed by atoms with Gasteiger partial charge >= 0.3 is 0 Å². The van der Waals surface area contributed by atoms with Crippen molar-refractivity contribution in [3.63, 3.8) is 0 Å². The Morgan fingerprint density at radius 2 is 1.95 bits per heavy atom. The van der Waals surface area contributed by atoms with E-state index in [0.29, 0.717) is 12.5 Å². The number of nitrogens with two attached hydrogens (primary N) is 1. The maximum Gasteiger partial charge on any atom is 0.119 e. The van der Waals surface area contributed by atoms with Gasteiger partial charge in [0, 0.05) is 16.4 Å². The molecular formula is C17H24N2OS. The second-order valence-corrected chi connectivity index (χ2v) is 6.51. The molecule has 2 aromatic rings. The molecule has 2 rings (SSSR count). The summed E-state index contributed by atoms with van der Waals surface area (Å²) in [7, 11) is 0. The maximum atomic E-state index is 5.73. The second-order valence-electron chi connectivity index (χ2n) is 5.39. The van der Waals surface area contributed by atoms with Gasteiger partial charge in [0.05, 0.1) is 17.3 Å². The molecule has 4 heteroatoms.